The maximum Gasteiger partial charge on any atom is 0.0662 e. The summed E-state index contributed by atoms with van der Waals surface area (Å²) >= 11 is 0. The molecule has 0 aliphatic carbocycles. The van der Waals surface area contributed by atoms with E-state index in [9.17, 15) is 0 Å². The molecule has 0 radical (unpaired) electrons. The Morgan fingerprint density at radius 2 is 1.00 bits per heavy atom. The topological polar surface area (TPSA) is 121 Å². The van der Waals surface area contributed by atoms with Crippen molar-refractivity contribution >= 4 is 0 Å². The van der Waals surface area contributed by atoms with E-state index in [-0.39, 0.29) is 13.2 Å². The Kier molecular flexibility index (Phi) is 22.0. The van der Waals surface area contributed by atoms with Crippen molar-refractivity contribution in [3.63, 3.8) is 0 Å². The van der Waals surface area contributed by atoms with Crippen LogP contribution < -0.4 is 0 Å². The SMILES string of the molecule is C=CC.OCC(CO)(CO)CO.OCCO. The number of aliphatic hydroxyl groups is 6. The smallest absolute Gasteiger partial charge is 0.0662 e. The van der Waals surface area contributed by atoms with Crippen molar-refractivity contribution < 1.29 is 30.6 Å². The largest absolute Gasteiger partial charge is 0.396 e. The van der Waals surface area contributed by atoms with Crippen LogP contribution in [0.5, 0.6) is 0 Å². The van der Waals surface area contributed by atoms with Crippen LogP contribution in [0.25, 0.3) is 0 Å². The van der Waals surface area contributed by atoms with Crippen molar-refractivity contribution in [2.24, 2.45) is 5.41 Å². The highest BCUT2D eigenvalue weighted by atomic mass is 16.3. The lowest BCUT2D eigenvalue weighted by Crippen LogP contribution is -2.37. The molecule has 0 bridgehead atoms. The van der Waals surface area contributed by atoms with Crippen molar-refractivity contribution in [1.82, 2.24) is 0 Å². The first-order valence-corrected chi connectivity index (χ1v) is 4.80. The molecule has 0 aromatic heterocycles. The molecule has 0 unspecified atom stereocenters. The molecule has 0 aliphatic heterocycles. The van der Waals surface area contributed by atoms with Gasteiger partial charge in [-0.05, 0) is 6.92 Å². The van der Waals surface area contributed by atoms with Crippen molar-refractivity contribution in [1.29, 1.82) is 0 Å². The second-order valence-corrected chi connectivity index (χ2v) is 2.99. The first-order valence-electron chi connectivity index (χ1n) is 4.80. The lowest BCUT2D eigenvalue weighted by molar-refractivity contribution is -0.0328. The molecular weight excluding hydrogens is 216 g/mol. The molecule has 100 valence electrons. The standard InChI is InChI=1S/C5H12O4.C3H6.C2H6O2/c6-1-5(2-7,3-8)4-9;1-3-2;3-1-2-4/h6-9H,1-4H2;3H,1H2,2H3;3-4H,1-2H2. The van der Waals surface area contributed by atoms with Gasteiger partial charge in [0, 0.05) is 0 Å². The minimum atomic E-state index is -1.11. The minimum absolute atomic E-state index is 0.125. The summed E-state index contributed by atoms with van der Waals surface area (Å²) in [5.74, 6) is 0. The van der Waals surface area contributed by atoms with Gasteiger partial charge in [0.05, 0.1) is 45.1 Å². The van der Waals surface area contributed by atoms with Gasteiger partial charge in [-0.2, -0.15) is 0 Å². The third-order valence-corrected chi connectivity index (χ3v) is 1.44. The highest BCUT2D eigenvalue weighted by Crippen LogP contribution is 2.11. The summed E-state index contributed by atoms with van der Waals surface area (Å²) < 4.78 is 0. The molecule has 0 aliphatic rings. The average Bonchev–Trinajstić information content (AvgIpc) is 2.34. The molecule has 0 spiro atoms. The molecule has 0 amide bonds. The zero-order valence-corrected chi connectivity index (χ0v) is 9.71. The molecule has 0 saturated heterocycles. The second kappa shape index (κ2) is 16.9. The van der Waals surface area contributed by atoms with E-state index >= 15 is 0 Å². The zero-order chi connectivity index (χ0) is 13.4. The predicted octanol–water partition coefficient (Wildman–Crippen LogP) is -1.89. The van der Waals surface area contributed by atoms with E-state index in [0.717, 1.165) is 0 Å². The van der Waals surface area contributed by atoms with E-state index < -0.39 is 31.8 Å². The summed E-state index contributed by atoms with van der Waals surface area (Å²) in [6.07, 6.45) is 1.75. The van der Waals surface area contributed by atoms with Crippen LogP contribution in [0.15, 0.2) is 12.7 Å². The molecule has 0 atom stereocenters. The van der Waals surface area contributed by atoms with E-state index in [2.05, 4.69) is 6.58 Å². The Morgan fingerprint density at radius 1 is 0.812 bits per heavy atom. The van der Waals surface area contributed by atoms with Crippen LogP contribution in [-0.4, -0.2) is 70.3 Å². The van der Waals surface area contributed by atoms with Crippen molar-refractivity contribution in [2.45, 2.75) is 6.92 Å². The van der Waals surface area contributed by atoms with E-state index in [1.807, 2.05) is 6.92 Å². The molecule has 16 heavy (non-hydrogen) atoms. The highest BCUT2D eigenvalue weighted by Gasteiger charge is 2.26. The lowest BCUT2D eigenvalue weighted by atomic mass is 9.93. The van der Waals surface area contributed by atoms with E-state index in [1.54, 1.807) is 6.08 Å². The maximum absolute atomic E-state index is 8.50. The van der Waals surface area contributed by atoms with Gasteiger partial charge in [0.15, 0.2) is 0 Å². The Hall–Kier alpha value is -0.500. The van der Waals surface area contributed by atoms with Gasteiger partial charge in [0.1, 0.15) is 0 Å². The average molecular weight is 240 g/mol. The van der Waals surface area contributed by atoms with Gasteiger partial charge in [0.25, 0.3) is 0 Å². The summed E-state index contributed by atoms with van der Waals surface area (Å²) in [7, 11) is 0. The minimum Gasteiger partial charge on any atom is -0.396 e. The molecule has 6 nitrogen and oxygen atoms in total. The fourth-order valence-corrected chi connectivity index (χ4v) is 0.300. The highest BCUT2D eigenvalue weighted by molar-refractivity contribution is 4.74. The van der Waals surface area contributed by atoms with E-state index in [1.165, 1.54) is 0 Å². The molecule has 0 aromatic carbocycles. The van der Waals surface area contributed by atoms with Gasteiger partial charge in [-0.15, -0.1) is 6.58 Å². The Morgan fingerprint density at radius 3 is 1.00 bits per heavy atom. The second-order valence-electron chi connectivity index (χ2n) is 2.99. The number of allylic oxidation sites excluding steroid dienone is 1. The summed E-state index contributed by atoms with van der Waals surface area (Å²) in [5.41, 5.74) is -1.11. The van der Waals surface area contributed by atoms with Gasteiger partial charge in [-0.3, -0.25) is 0 Å². The van der Waals surface area contributed by atoms with Gasteiger partial charge in [0.2, 0.25) is 0 Å². The van der Waals surface area contributed by atoms with Crippen molar-refractivity contribution in [3.8, 4) is 0 Å². The van der Waals surface area contributed by atoms with Crippen LogP contribution >= 0.6 is 0 Å². The number of hydrogen-bond acceptors (Lipinski definition) is 6. The predicted molar refractivity (Wildman–Crippen MR) is 60.8 cm³/mol. The molecule has 6 heteroatoms. The van der Waals surface area contributed by atoms with Crippen LogP contribution in [0.1, 0.15) is 6.92 Å². The summed E-state index contributed by atoms with van der Waals surface area (Å²) in [6, 6.07) is 0. The van der Waals surface area contributed by atoms with E-state index in [4.69, 9.17) is 30.6 Å². The zero-order valence-electron chi connectivity index (χ0n) is 9.71. The van der Waals surface area contributed by atoms with Crippen molar-refractivity contribution in [2.75, 3.05) is 39.6 Å². The first-order chi connectivity index (χ1) is 7.57. The molecule has 0 rings (SSSR count). The molecule has 0 fully saturated rings. The molecular formula is C10H24O6. The third kappa shape index (κ3) is 13.5. The van der Waals surface area contributed by atoms with Crippen LogP contribution in [0.4, 0.5) is 0 Å². The van der Waals surface area contributed by atoms with Crippen LogP contribution in [-0.2, 0) is 0 Å². The molecule has 0 aromatic rings. The van der Waals surface area contributed by atoms with Crippen LogP contribution in [0.3, 0.4) is 0 Å². The van der Waals surface area contributed by atoms with Crippen LogP contribution in [0.2, 0.25) is 0 Å². The quantitative estimate of drug-likeness (QED) is 0.312. The number of aliphatic hydroxyl groups excluding tert-OH is 6. The number of rotatable bonds is 5. The maximum atomic E-state index is 8.50. The fraction of sp³-hybridized carbons (Fsp3) is 0.800. The van der Waals surface area contributed by atoms with E-state index in [0.29, 0.717) is 0 Å². The summed E-state index contributed by atoms with van der Waals surface area (Å²) in [4.78, 5) is 0. The fourth-order valence-electron chi connectivity index (χ4n) is 0.300. The monoisotopic (exact) mass is 240 g/mol. The lowest BCUT2D eigenvalue weighted by Gasteiger charge is -2.23. The van der Waals surface area contributed by atoms with Gasteiger partial charge >= 0.3 is 0 Å². The summed E-state index contributed by atoms with van der Waals surface area (Å²) in [6.45, 7) is 3.38. The van der Waals surface area contributed by atoms with Crippen molar-refractivity contribution in [3.05, 3.63) is 12.7 Å². The van der Waals surface area contributed by atoms with Gasteiger partial charge in [-0.25, -0.2) is 0 Å². The van der Waals surface area contributed by atoms with Gasteiger partial charge in [-0.1, -0.05) is 6.08 Å². The Labute approximate surface area is 96.1 Å². The Bertz CT molecular complexity index is 105. The molecule has 6 N–H and O–H groups in total. The van der Waals surface area contributed by atoms with Crippen LogP contribution in [0, 0.1) is 5.41 Å². The Balaban J connectivity index is -0.000000201. The molecule has 0 heterocycles. The number of hydrogen-bond donors (Lipinski definition) is 6. The third-order valence-electron chi connectivity index (χ3n) is 1.44. The van der Waals surface area contributed by atoms with Gasteiger partial charge < -0.3 is 30.6 Å². The first kappa shape index (κ1) is 20.9. The normalized spacial score (nSPS) is 9.44. The molecule has 0 saturated carbocycles. The summed E-state index contributed by atoms with van der Waals surface area (Å²) in [5, 5.41) is 49.2.